The molecule has 0 bridgehead atoms. The summed E-state index contributed by atoms with van der Waals surface area (Å²) in [6.45, 7) is 4.86. The summed E-state index contributed by atoms with van der Waals surface area (Å²) in [5.74, 6) is 0.120. The number of amides is 1. The lowest BCUT2D eigenvalue weighted by atomic mass is 9.79. The maximum Gasteiger partial charge on any atom is 0.273 e. The molecule has 122 valence electrons. The minimum Gasteiger partial charge on any atom is -0.337 e. The van der Waals surface area contributed by atoms with Gasteiger partial charge in [-0.3, -0.25) is 4.79 Å². The molecular weight excluding hydrogens is 296 g/mol. The normalized spacial score (nSPS) is 26.3. The van der Waals surface area contributed by atoms with Crippen LogP contribution in [0.5, 0.6) is 0 Å². The molecule has 2 saturated heterocycles. The fourth-order valence-electron chi connectivity index (χ4n) is 3.79. The van der Waals surface area contributed by atoms with E-state index in [4.69, 9.17) is 0 Å². The summed E-state index contributed by atoms with van der Waals surface area (Å²) in [5.41, 5.74) is 0.954. The fourth-order valence-corrected chi connectivity index (χ4v) is 4.67. The first-order valence-corrected chi connectivity index (χ1v) is 8.92. The summed E-state index contributed by atoms with van der Waals surface area (Å²) < 4.78 is 0. The first kappa shape index (κ1) is 15.9. The van der Waals surface area contributed by atoms with Crippen LogP contribution >= 0.6 is 11.3 Å². The van der Waals surface area contributed by atoms with Crippen molar-refractivity contribution in [3.63, 3.8) is 0 Å². The first-order chi connectivity index (χ1) is 10.5. The van der Waals surface area contributed by atoms with Crippen LogP contribution in [0.2, 0.25) is 0 Å². The zero-order valence-electron chi connectivity index (χ0n) is 13.8. The molecule has 2 aliphatic rings. The van der Waals surface area contributed by atoms with E-state index in [0.717, 1.165) is 44.2 Å². The molecule has 22 heavy (non-hydrogen) atoms. The van der Waals surface area contributed by atoms with Gasteiger partial charge in [-0.2, -0.15) is 0 Å². The summed E-state index contributed by atoms with van der Waals surface area (Å²) in [7, 11) is 6.23. The average Bonchev–Trinajstić information content (AvgIpc) is 3.05. The fraction of sp³-hybridized carbons (Fsp3) is 0.750. The van der Waals surface area contributed by atoms with Crippen molar-refractivity contribution in [2.24, 2.45) is 5.41 Å². The van der Waals surface area contributed by atoms with Gasteiger partial charge in [-0.05, 0) is 47.0 Å². The number of rotatable bonds is 3. The van der Waals surface area contributed by atoms with Crippen LogP contribution in [-0.2, 0) is 6.54 Å². The number of thiazole rings is 1. The number of piperidine rings is 1. The van der Waals surface area contributed by atoms with Crippen molar-refractivity contribution in [2.45, 2.75) is 25.8 Å². The molecule has 0 saturated carbocycles. The number of carbonyl (C=O) groups is 1. The number of aromatic nitrogens is 1. The van der Waals surface area contributed by atoms with Crippen LogP contribution in [0.25, 0.3) is 0 Å². The van der Waals surface area contributed by atoms with Crippen molar-refractivity contribution in [1.82, 2.24) is 19.7 Å². The molecule has 6 heteroatoms. The second kappa shape index (κ2) is 6.26. The highest BCUT2D eigenvalue weighted by atomic mass is 32.1. The molecular formula is C16H26N4OS. The van der Waals surface area contributed by atoms with E-state index in [1.165, 1.54) is 12.8 Å². The van der Waals surface area contributed by atoms with Gasteiger partial charge in [0.05, 0.1) is 0 Å². The predicted octanol–water partition coefficient (Wildman–Crippen LogP) is 1.76. The Morgan fingerprint density at radius 2 is 2.18 bits per heavy atom. The topological polar surface area (TPSA) is 39.7 Å². The van der Waals surface area contributed by atoms with Crippen LogP contribution < -0.4 is 0 Å². The van der Waals surface area contributed by atoms with Gasteiger partial charge in [0, 0.05) is 37.0 Å². The molecule has 1 aromatic heterocycles. The minimum absolute atomic E-state index is 0.120. The Labute approximate surface area is 136 Å². The number of nitrogens with zero attached hydrogens (tertiary/aromatic N) is 4. The maximum absolute atomic E-state index is 12.8. The average molecular weight is 322 g/mol. The zero-order chi connectivity index (χ0) is 15.7. The van der Waals surface area contributed by atoms with Crippen LogP contribution in [-0.4, -0.2) is 72.9 Å². The molecule has 0 aliphatic carbocycles. The van der Waals surface area contributed by atoms with Crippen molar-refractivity contribution < 1.29 is 4.79 Å². The van der Waals surface area contributed by atoms with Gasteiger partial charge < -0.3 is 14.7 Å². The smallest absolute Gasteiger partial charge is 0.273 e. The van der Waals surface area contributed by atoms with Gasteiger partial charge in [0.25, 0.3) is 5.91 Å². The number of likely N-dealkylation sites (tertiary alicyclic amines) is 2. The van der Waals surface area contributed by atoms with Crippen LogP contribution in [0, 0.1) is 5.41 Å². The standard InChI is InChI=1S/C16H26N4OS/c1-18(2)9-14-17-13(10-22-14)15(21)20-7-4-5-16(12-20)6-8-19(3)11-16/h10H,4-9,11-12H2,1-3H3/t16-/m0/s1. The van der Waals surface area contributed by atoms with Crippen molar-refractivity contribution in [3.8, 4) is 0 Å². The van der Waals surface area contributed by atoms with E-state index >= 15 is 0 Å². The number of hydrogen-bond donors (Lipinski definition) is 0. The third kappa shape index (κ3) is 3.34. The van der Waals surface area contributed by atoms with Gasteiger partial charge in [0.15, 0.2) is 0 Å². The lowest BCUT2D eigenvalue weighted by Crippen LogP contribution is -2.47. The van der Waals surface area contributed by atoms with E-state index in [1.807, 2.05) is 24.4 Å². The van der Waals surface area contributed by atoms with Crippen molar-refractivity contribution >= 4 is 17.2 Å². The van der Waals surface area contributed by atoms with E-state index in [2.05, 4.69) is 21.8 Å². The predicted molar refractivity (Wildman–Crippen MR) is 89.2 cm³/mol. The zero-order valence-corrected chi connectivity index (χ0v) is 14.7. The highest BCUT2D eigenvalue weighted by Gasteiger charge is 2.41. The number of hydrogen-bond acceptors (Lipinski definition) is 5. The molecule has 3 rings (SSSR count). The highest BCUT2D eigenvalue weighted by Crippen LogP contribution is 2.38. The van der Waals surface area contributed by atoms with Gasteiger partial charge in [-0.25, -0.2) is 4.98 Å². The Bertz CT molecular complexity index is 540. The van der Waals surface area contributed by atoms with E-state index in [1.54, 1.807) is 11.3 Å². The van der Waals surface area contributed by atoms with E-state index in [-0.39, 0.29) is 5.91 Å². The molecule has 0 radical (unpaired) electrons. The van der Waals surface area contributed by atoms with Gasteiger partial charge in [0.1, 0.15) is 10.7 Å². The number of carbonyl (C=O) groups excluding carboxylic acids is 1. The third-order valence-electron chi connectivity index (χ3n) is 4.80. The third-order valence-corrected chi connectivity index (χ3v) is 5.63. The van der Waals surface area contributed by atoms with Gasteiger partial charge in [-0.1, -0.05) is 0 Å². The SMILES string of the molecule is CN(C)Cc1nc(C(=O)N2CCC[C@@]3(CCN(C)C3)C2)cs1. The van der Waals surface area contributed by atoms with Gasteiger partial charge in [-0.15, -0.1) is 11.3 Å². The summed E-state index contributed by atoms with van der Waals surface area (Å²) in [5, 5.41) is 2.93. The van der Waals surface area contributed by atoms with Gasteiger partial charge in [0.2, 0.25) is 0 Å². The van der Waals surface area contributed by atoms with E-state index < -0.39 is 0 Å². The monoisotopic (exact) mass is 322 g/mol. The molecule has 5 nitrogen and oxygen atoms in total. The first-order valence-electron chi connectivity index (χ1n) is 8.04. The molecule has 0 unspecified atom stereocenters. The molecule has 1 amide bonds. The Morgan fingerprint density at radius 1 is 1.36 bits per heavy atom. The molecule has 1 aromatic rings. The van der Waals surface area contributed by atoms with Crippen molar-refractivity contribution in [1.29, 1.82) is 0 Å². The molecule has 0 aromatic carbocycles. The molecule has 3 heterocycles. The quantitative estimate of drug-likeness (QED) is 0.850. The van der Waals surface area contributed by atoms with Crippen LogP contribution in [0.1, 0.15) is 34.8 Å². The Balaban J connectivity index is 1.68. The van der Waals surface area contributed by atoms with Crippen LogP contribution in [0.4, 0.5) is 0 Å². The minimum atomic E-state index is 0.120. The highest BCUT2D eigenvalue weighted by molar-refractivity contribution is 7.09. The van der Waals surface area contributed by atoms with Crippen molar-refractivity contribution in [3.05, 3.63) is 16.1 Å². The summed E-state index contributed by atoms with van der Waals surface area (Å²) in [6, 6.07) is 0. The molecule has 2 aliphatic heterocycles. The largest absolute Gasteiger partial charge is 0.337 e. The Hall–Kier alpha value is -0.980. The second-order valence-corrected chi connectivity index (χ2v) is 8.12. The lowest BCUT2D eigenvalue weighted by molar-refractivity contribution is 0.0529. The van der Waals surface area contributed by atoms with E-state index in [0.29, 0.717) is 11.1 Å². The van der Waals surface area contributed by atoms with Gasteiger partial charge >= 0.3 is 0 Å². The Kier molecular flexibility index (Phi) is 4.52. The summed E-state index contributed by atoms with van der Waals surface area (Å²) in [4.78, 5) is 23.8. The summed E-state index contributed by atoms with van der Waals surface area (Å²) in [6.07, 6.45) is 3.59. The van der Waals surface area contributed by atoms with Crippen LogP contribution in [0.15, 0.2) is 5.38 Å². The lowest BCUT2D eigenvalue weighted by Gasteiger charge is -2.40. The van der Waals surface area contributed by atoms with E-state index in [9.17, 15) is 4.79 Å². The molecule has 1 spiro atoms. The molecule has 2 fully saturated rings. The Morgan fingerprint density at radius 3 is 2.86 bits per heavy atom. The van der Waals surface area contributed by atoms with Crippen molar-refractivity contribution in [2.75, 3.05) is 47.3 Å². The van der Waals surface area contributed by atoms with Crippen LogP contribution in [0.3, 0.4) is 0 Å². The summed E-state index contributed by atoms with van der Waals surface area (Å²) >= 11 is 1.59. The molecule has 0 N–H and O–H groups in total. The molecule has 1 atom stereocenters. The maximum atomic E-state index is 12.8. The second-order valence-electron chi connectivity index (χ2n) is 7.18.